The van der Waals surface area contributed by atoms with E-state index in [1.165, 1.54) is 0 Å². The SMILES string of the molecule is COCCOCCCOc1nn([C@H]2CC[C@H](N3CCOCC3)CC2)cc1Nc1ncc(-c2ccc(Cl)c(O[C@@H](C)Cn3cnnn3)c2)cn1. The van der Waals surface area contributed by atoms with Gasteiger partial charge in [0.15, 0.2) is 0 Å². The number of halogens is 1. The maximum Gasteiger partial charge on any atom is 0.256 e. The number of nitrogens with one attached hydrogen (secondary N) is 1. The first-order valence-corrected chi connectivity index (χ1v) is 17.3. The molecule has 1 aromatic carbocycles. The van der Waals surface area contributed by atoms with E-state index in [0.29, 0.717) is 67.7 Å². The minimum Gasteiger partial charge on any atom is -0.487 e. The molecule has 0 bridgehead atoms. The van der Waals surface area contributed by atoms with Gasteiger partial charge in [-0.1, -0.05) is 17.7 Å². The minimum atomic E-state index is -0.209. The highest BCUT2D eigenvalue weighted by atomic mass is 35.5. The molecule has 0 amide bonds. The molecule has 1 N–H and O–H groups in total. The number of rotatable bonds is 17. The van der Waals surface area contributed by atoms with E-state index >= 15 is 0 Å². The fourth-order valence-corrected chi connectivity index (χ4v) is 6.34. The predicted molar refractivity (Wildman–Crippen MR) is 182 cm³/mol. The zero-order chi connectivity index (χ0) is 33.8. The summed E-state index contributed by atoms with van der Waals surface area (Å²) in [6, 6.07) is 6.51. The number of benzene rings is 1. The fraction of sp³-hybridized carbons (Fsp3) is 0.576. The van der Waals surface area contributed by atoms with Gasteiger partial charge in [0.05, 0.1) is 56.8 Å². The molecule has 0 spiro atoms. The van der Waals surface area contributed by atoms with Gasteiger partial charge in [0, 0.05) is 57.2 Å². The Hall–Kier alpha value is -3.89. The van der Waals surface area contributed by atoms with Crippen molar-refractivity contribution in [2.45, 2.75) is 63.8 Å². The van der Waals surface area contributed by atoms with Gasteiger partial charge in [0.25, 0.3) is 5.88 Å². The van der Waals surface area contributed by atoms with Crippen LogP contribution in [0.25, 0.3) is 11.1 Å². The maximum absolute atomic E-state index is 6.46. The molecule has 2 fully saturated rings. The summed E-state index contributed by atoms with van der Waals surface area (Å²) in [6.07, 6.45) is 12.0. The van der Waals surface area contributed by atoms with Crippen molar-refractivity contribution in [1.82, 2.24) is 44.9 Å². The molecule has 4 aromatic rings. The van der Waals surface area contributed by atoms with E-state index in [1.807, 2.05) is 29.9 Å². The summed E-state index contributed by atoms with van der Waals surface area (Å²) < 4.78 is 32.1. The van der Waals surface area contributed by atoms with Crippen LogP contribution in [-0.2, 0) is 20.8 Å². The molecule has 2 aliphatic rings. The molecule has 1 saturated heterocycles. The van der Waals surface area contributed by atoms with Crippen LogP contribution in [0.5, 0.6) is 11.6 Å². The Kier molecular flexibility index (Phi) is 12.6. The Bertz CT molecular complexity index is 1560. The second kappa shape index (κ2) is 17.7. The topological polar surface area (TPSA) is 149 Å². The first-order valence-electron chi connectivity index (χ1n) is 16.9. The monoisotopic (exact) mass is 696 g/mol. The molecule has 264 valence electrons. The third kappa shape index (κ3) is 9.85. The number of nitrogens with zero attached hydrogens (tertiary/aromatic N) is 9. The highest BCUT2D eigenvalue weighted by Gasteiger charge is 2.29. The van der Waals surface area contributed by atoms with Crippen LogP contribution in [-0.4, -0.2) is 117 Å². The van der Waals surface area contributed by atoms with Gasteiger partial charge in [0.2, 0.25) is 5.95 Å². The predicted octanol–water partition coefficient (Wildman–Crippen LogP) is 4.44. The molecule has 6 rings (SSSR count). The van der Waals surface area contributed by atoms with Crippen LogP contribution in [0.4, 0.5) is 11.6 Å². The fourth-order valence-electron chi connectivity index (χ4n) is 6.18. The van der Waals surface area contributed by atoms with E-state index in [0.717, 1.165) is 75.2 Å². The van der Waals surface area contributed by atoms with Gasteiger partial charge in [-0.3, -0.25) is 9.58 Å². The minimum absolute atomic E-state index is 0.209. The quantitative estimate of drug-likeness (QED) is 0.155. The highest BCUT2D eigenvalue weighted by Crippen LogP contribution is 2.35. The molecule has 1 saturated carbocycles. The molecule has 15 nitrogen and oxygen atoms in total. The third-order valence-electron chi connectivity index (χ3n) is 8.73. The molecule has 0 unspecified atom stereocenters. The van der Waals surface area contributed by atoms with Gasteiger partial charge in [0.1, 0.15) is 23.9 Å². The van der Waals surface area contributed by atoms with E-state index in [9.17, 15) is 0 Å². The van der Waals surface area contributed by atoms with Crippen LogP contribution in [0.2, 0.25) is 5.02 Å². The number of hydrogen-bond donors (Lipinski definition) is 1. The summed E-state index contributed by atoms with van der Waals surface area (Å²) in [5.41, 5.74) is 2.41. The number of ether oxygens (including phenoxy) is 5. The number of anilines is 2. The van der Waals surface area contributed by atoms with E-state index < -0.39 is 0 Å². The summed E-state index contributed by atoms with van der Waals surface area (Å²) in [5, 5.41) is 20.0. The maximum atomic E-state index is 6.46. The lowest BCUT2D eigenvalue weighted by Gasteiger charge is -2.38. The number of methoxy groups -OCH3 is 1. The van der Waals surface area contributed by atoms with Crippen molar-refractivity contribution in [2.75, 3.05) is 65.2 Å². The van der Waals surface area contributed by atoms with E-state index in [2.05, 4.69) is 35.7 Å². The van der Waals surface area contributed by atoms with Crippen molar-refractivity contribution in [3.63, 3.8) is 0 Å². The Morgan fingerprint density at radius 2 is 1.80 bits per heavy atom. The van der Waals surface area contributed by atoms with E-state index in [4.69, 9.17) is 40.4 Å². The lowest BCUT2D eigenvalue weighted by molar-refractivity contribution is 0.00502. The average molecular weight is 697 g/mol. The van der Waals surface area contributed by atoms with Crippen molar-refractivity contribution in [2.24, 2.45) is 0 Å². The van der Waals surface area contributed by atoms with Gasteiger partial charge < -0.3 is 29.0 Å². The van der Waals surface area contributed by atoms with Crippen LogP contribution >= 0.6 is 11.6 Å². The van der Waals surface area contributed by atoms with Gasteiger partial charge in [-0.05, 0) is 60.7 Å². The molecule has 1 aliphatic carbocycles. The Morgan fingerprint density at radius 3 is 2.55 bits per heavy atom. The molecule has 1 aliphatic heterocycles. The lowest BCUT2D eigenvalue weighted by atomic mass is 9.90. The van der Waals surface area contributed by atoms with Gasteiger partial charge in [-0.2, -0.15) is 0 Å². The van der Waals surface area contributed by atoms with Crippen LogP contribution < -0.4 is 14.8 Å². The summed E-state index contributed by atoms with van der Waals surface area (Å²) >= 11 is 6.46. The number of morpholine rings is 1. The van der Waals surface area contributed by atoms with Crippen LogP contribution in [0, 0.1) is 0 Å². The first-order chi connectivity index (χ1) is 24.1. The molecule has 4 heterocycles. The zero-order valence-corrected chi connectivity index (χ0v) is 28.9. The zero-order valence-electron chi connectivity index (χ0n) is 28.1. The lowest BCUT2D eigenvalue weighted by Crippen LogP contribution is -2.45. The van der Waals surface area contributed by atoms with Crippen molar-refractivity contribution >= 4 is 23.2 Å². The largest absolute Gasteiger partial charge is 0.487 e. The van der Waals surface area contributed by atoms with Crippen molar-refractivity contribution in [3.05, 3.63) is 48.1 Å². The average Bonchev–Trinajstić information content (AvgIpc) is 3.79. The van der Waals surface area contributed by atoms with Gasteiger partial charge >= 0.3 is 0 Å². The summed E-state index contributed by atoms with van der Waals surface area (Å²) in [7, 11) is 1.66. The Labute approximate surface area is 291 Å². The van der Waals surface area contributed by atoms with Crippen LogP contribution in [0.15, 0.2) is 43.1 Å². The molecule has 0 radical (unpaired) electrons. The summed E-state index contributed by atoms with van der Waals surface area (Å²) in [5.74, 6) is 1.52. The summed E-state index contributed by atoms with van der Waals surface area (Å²) in [4.78, 5) is 11.8. The van der Waals surface area contributed by atoms with Crippen molar-refractivity contribution in [1.29, 1.82) is 0 Å². The molecular formula is C33H45ClN10O5. The first kappa shape index (κ1) is 35.0. The molecule has 1 atom stereocenters. The van der Waals surface area contributed by atoms with Gasteiger partial charge in [-0.15, -0.1) is 10.2 Å². The normalized spacial score (nSPS) is 19.1. The molecule has 16 heteroatoms. The summed E-state index contributed by atoms with van der Waals surface area (Å²) in [6.45, 7) is 8.29. The third-order valence-corrected chi connectivity index (χ3v) is 9.04. The second-order valence-corrected chi connectivity index (χ2v) is 12.7. The van der Waals surface area contributed by atoms with Crippen LogP contribution in [0.3, 0.4) is 0 Å². The van der Waals surface area contributed by atoms with E-state index in [-0.39, 0.29) is 6.10 Å². The molecular weight excluding hydrogens is 652 g/mol. The number of tetrazole rings is 1. The Morgan fingerprint density at radius 1 is 1.00 bits per heavy atom. The van der Waals surface area contributed by atoms with Gasteiger partial charge in [-0.25, -0.2) is 14.6 Å². The van der Waals surface area contributed by atoms with Crippen molar-refractivity contribution < 1.29 is 23.7 Å². The van der Waals surface area contributed by atoms with E-state index in [1.54, 1.807) is 36.6 Å². The second-order valence-electron chi connectivity index (χ2n) is 12.3. The number of aromatic nitrogens is 8. The molecule has 3 aromatic heterocycles. The van der Waals surface area contributed by atoms with Crippen LogP contribution in [0.1, 0.15) is 45.1 Å². The van der Waals surface area contributed by atoms with Crippen molar-refractivity contribution in [3.8, 4) is 22.8 Å². The smallest absolute Gasteiger partial charge is 0.256 e. The Balaban J connectivity index is 1.10. The standard InChI is InChI=1S/C33H45ClN10O5/c1-24(21-43-23-37-40-41-43)49-31-18-25(4-9-29(31)34)26-19-35-33(36-20-26)38-30-22-44(39-32(30)48-13-3-12-46-17-16-45-2)28-7-5-27(6-8-28)42-10-14-47-15-11-42/h4,9,18-20,22-24,27-28H,3,5-8,10-17,21H2,1-2H3,(H,35,36,38)/t24-,27-,28-/m0/s1. The highest BCUT2D eigenvalue weighted by molar-refractivity contribution is 6.32. The number of hydrogen-bond acceptors (Lipinski definition) is 13. The molecule has 49 heavy (non-hydrogen) atoms.